The monoisotopic (exact) mass is 849 g/mol. The quantitative estimate of drug-likeness (QED) is 0.237. The number of hydrogen-bond acceptors (Lipinski definition) is 7. The van der Waals surface area contributed by atoms with Crippen LogP contribution in [-0.4, -0.2) is 52.3 Å². The number of ketones is 1. The van der Waals surface area contributed by atoms with Crippen LogP contribution < -0.4 is 10.6 Å². The molecule has 2 amide bonds. The van der Waals surface area contributed by atoms with Crippen molar-refractivity contribution in [2.24, 2.45) is 50.7 Å². The molecule has 4 saturated carbocycles. The highest BCUT2D eigenvalue weighted by Crippen LogP contribution is 2.76. The molecule has 8 atom stereocenters. The number of Topliss-reactive ketones (excluding diaryl/α,β-unsaturated/α-hetero) is 1. The lowest BCUT2D eigenvalue weighted by Gasteiger charge is -2.72. The molecule has 2 N–H and O–H groups in total. The van der Waals surface area contributed by atoms with Crippen LogP contribution in [0.1, 0.15) is 171 Å². The molecule has 0 saturated heterocycles. The molecule has 0 aromatic heterocycles. The Morgan fingerprint density at radius 2 is 1.45 bits per heavy atom. The maximum absolute atomic E-state index is 14.4. The van der Waals surface area contributed by atoms with Crippen molar-refractivity contribution >= 4 is 41.1 Å². The fourth-order valence-corrected chi connectivity index (χ4v) is 13.5. The van der Waals surface area contributed by atoms with Gasteiger partial charge in [0.2, 0.25) is 5.91 Å². The Balaban J connectivity index is 1.24. The zero-order valence-corrected chi connectivity index (χ0v) is 39.8. The van der Waals surface area contributed by atoms with Gasteiger partial charge in [-0.2, -0.15) is 0 Å². The molecule has 1 aromatic carbocycles. The van der Waals surface area contributed by atoms with Gasteiger partial charge in [-0.1, -0.05) is 60.1 Å². The smallest absolute Gasteiger partial charge is 0.312 e. The van der Waals surface area contributed by atoms with Gasteiger partial charge < -0.3 is 20.1 Å². The summed E-state index contributed by atoms with van der Waals surface area (Å²) in [6, 6.07) is 6.59. The molecular weight excluding hydrogens is 776 g/mol. The summed E-state index contributed by atoms with van der Waals surface area (Å²) in [6.45, 7) is 28.7. The van der Waals surface area contributed by atoms with Crippen LogP contribution in [0.5, 0.6) is 0 Å². The van der Waals surface area contributed by atoms with Crippen molar-refractivity contribution in [2.45, 2.75) is 184 Å². The maximum atomic E-state index is 14.4. The number of carbonyl (C=O) groups excluding carboxylic acids is 5. The van der Waals surface area contributed by atoms with E-state index in [4.69, 9.17) is 21.1 Å². The first-order valence-corrected chi connectivity index (χ1v) is 22.9. The molecule has 0 spiro atoms. The average Bonchev–Trinajstić information content (AvgIpc) is 3.40. The number of amides is 2. The Hall–Kier alpha value is -3.20. The molecule has 1 aromatic rings. The summed E-state index contributed by atoms with van der Waals surface area (Å²) in [5.74, 6) is -0.400. The van der Waals surface area contributed by atoms with E-state index in [0.717, 1.165) is 56.1 Å². The molecule has 0 aliphatic heterocycles. The summed E-state index contributed by atoms with van der Waals surface area (Å²) in [5.41, 5.74) is -1.65. The molecule has 9 nitrogen and oxygen atoms in total. The summed E-state index contributed by atoms with van der Waals surface area (Å²) in [5, 5.41) is 6.91. The number of carbonyl (C=O) groups is 5. The third kappa shape index (κ3) is 7.78. The van der Waals surface area contributed by atoms with E-state index < -0.39 is 28.1 Å². The van der Waals surface area contributed by atoms with Gasteiger partial charge in [-0.3, -0.25) is 24.0 Å². The van der Waals surface area contributed by atoms with E-state index >= 15 is 0 Å². The number of ether oxygens (including phenoxy) is 2. The molecule has 5 aliphatic carbocycles. The molecular formula is C50H73ClN2O7. The highest BCUT2D eigenvalue weighted by molar-refractivity contribution is 6.30. The van der Waals surface area contributed by atoms with Crippen LogP contribution in [-0.2, 0) is 28.7 Å². The van der Waals surface area contributed by atoms with Crippen molar-refractivity contribution in [2.75, 3.05) is 0 Å². The second-order valence-electron chi connectivity index (χ2n) is 23.2. The van der Waals surface area contributed by atoms with Gasteiger partial charge in [0, 0.05) is 22.4 Å². The molecule has 4 fully saturated rings. The minimum Gasteiger partial charge on any atom is -0.462 e. The number of allylic oxidation sites excluding steroid dienone is 1. The molecule has 0 bridgehead atoms. The SMILES string of the molecule is CC(C)C1=C2[C@H]3CC[C@@H]4[C@@]5(C)CC[C@H](OC(=O)CC(C)(C)C(=O)OC(C)(C)C)C(C)(C)[C@@H]5CC[C@@]4(C)[C@]3(C)CC[C@@]2(NC(=O)C(C)(C)NC(=O)c2ccc(Cl)cc2)CC1=O. The third-order valence-corrected chi connectivity index (χ3v) is 16.9. The average molecular weight is 850 g/mol. The lowest BCUT2D eigenvalue weighted by Crippen LogP contribution is -2.68. The number of fused-ring (bicyclic) bond motifs is 7. The highest BCUT2D eigenvalue weighted by Gasteiger charge is 2.70. The van der Waals surface area contributed by atoms with Crippen LogP contribution >= 0.6 is 11.6 Å². The van der Waals surface area contributed by atoms with Crippen LogP contribution in [0.2, 0.25) is 5.02 Å². The highest BCUT2D eigenvalue weighted by atomic mass is 35.5. The standard InChI is InChI=1S/C50H73ClN2O7/c1-29(2)38-33(54)27-50(53-41(57)46(10,11)52-40(56)30-15-17-31(51)18-16-30)26-25-48(13)32(39(38)50)19-20-35-47(12)23-22-36(45(8,9)34(47)21-24-49(35,48)14)59-37(55)28-44(6,7)42(58)60-43(3,4)5/h15-18,29,32,34-36H,19-28H2,1-14H3,(H,52,56)(H,53,57)/t32-,34+,35-,36+,47+,48-,49-,50-/m1/s1. The fraction of sp³-hybridized carbons (Fsp3) is 0.740. The number of rotatable bonds is 9. The first-order valence-electron chi connectivity index (χ1n) is 22.6. The van der Waals surface area contributed by atoms with Gasteiger partial charge in [0.25, 0.3) is 5.91 Å². The summed E-state index contributed by atoms with van der Waals surface area (Å²) >= 11 is 6.06. The van der Waals surface area contributed by atoms with Gasteiger partial charge >= 0.3 is 11.9 Å². The van der Waals surface area contributed by atoms with Gasteiger partial charge in [0.05, 0.1) is 17.4 Å². The van der Waals surface area contributed by atoms with Crippen molar-refractivity contribution in [1.82, 2.24) is 10.6 Å². The lowest BCUT2D eigenvalue weighted by molar-refractivity contribution is -0.232. The normalized spacial score (nSPS) is 33.8. The van der Waals surface area contributed by atoms with Gasteiger partial charge in [-0.05, 0) is 175 Å². The second-order valence-corrected chi connectivity index (χ2v) is 23.7. The molecule has 0 unspecified atom stereocenters. The number of halogens is 1. The first-order chi connectivity index (χ1) is 27.4. The van der Waals surface area contributed by atoms with Crippen LogP contribution in [0.4, 0.5) is 0 Å². The second kappa shape index (κ2) is 15.3. The Morgan fingerprint density at radius 3 is 2.05 bits per heavy atom. The summed E-state index contributed by atoms with van der Waals surface area (Å²) in [6.07, 6.45) is 7.21. The first kappa shape index (κ1) is 46.3. The minimum atomic E-state index is -1.24. The summed E-state index contributed by atoms with van der Waals surface area (Å²) < 4.78 is 12.0. The number of hydrogen-bond donors (Lipinski definition) is 2. The van der Waals surface area contributed by atoms with Crippen molar-refractivity contribution in [3.05, 3.63) is 46.0 Å². The zero-order valence-electron chi connectivity index (χ0n) is 39.0. The van der Waals surface area contributed by atoms with Crippen LogP contribution in [0, 0.1) is 50.7 Å². The van der Waals surface area contributed by atoms with Gasteiger partial charge in [0.1, 0.15) is 17.2 Å². The number of nitrogens with one attached hydrogen (secondary N) is 2. The lowest BCUT2D eigenvalue weighted by atomic mass is 9.33. The summed E-state index contributed by atoms with van der Waals surface area (Å²) in [4.78, 5) is 68.4. The molecule has 5 aliphatic rings. The largest absolute Gasteiger partial charge is 0.462 e. The van der Waals surface area contributed by atoms with Crippen LogP contribution in [0.3, 0.4) is 0 Å². The van der Waals surface area contributed by atoms with E-state index in [9.17, 15) is 24.0 Å². The molecule has 0 heterocycles. The van der Waals surface area contributed by atoms with Crippen LogP contribution in [0.15, 0.2) is 35.4 Å². The van der Waals surface area contributed by atoms with E-state index in [1.807, 2.05) is 20.8 Å². The van der Waals surface area contributed by atoms with E-state index in [2.05, 4.69) is 59.1 Å². The maximum Gasteiger partial charge on any atom is 0.312 e. The van der Waals surface area contributed by atoms with E-state index in [1.54, 1.807) is 52.0 Å². The molecule has 6 rings (SSSR count). The molecule has 0 radical (unpaired) electrons. The predicted molar refractivity (Wildman–Crippen MR) is 235 cm³/mol. The van der Waals surface area contributed by atoms with Gasteiger partial charge in [-0.15, -0.1) is 0 Å². The molecule has 332 valence electrons. The van der Waals surface area contributed by atoms with Gasteiger partial charge in [0.15, 0.2) is 5.78 Å². The minimum absolute atomic E-state index is 0.0125. The van der Waals surface area contributed by atoms with E-state index in [-0.39, 0.29) is 76.0 Å². The molecule has 60 heavy (non-hydrogen) atoms. The van der Waals surface area contributed by atoms with E-state index in [1.165, 1.54) is 0 Å². The van der Waals surface area contributed by atoms with Gasteiger partial charge in [-0.25, -0.2) is 0 Å². The zero-order chi connectivity index (χ0) is 44.8. The van der Waals surface area contributed by atoms with E-state index in [0.29, 0.717) is 28.8 Å². The Morgan fingerprint density at radius 1 is 0.817 bits per heavy atom. The number of esters is 2. The van der Waals surface area contributed by atoms with Crippen molar-refractivity contribution in [3.63, 3.8) is 0 Å². The third-order valence-electron chi connectivity index (χ3n) is 16.6. The predicted octanol–water partition coefficient (Wildman–Crippen LogP) is 10.4. The Kier molecular flexibility index (Phi) is 11.8. The van der Waals surface area contributed by atoms with Crippen molar-refractivity contribution in [1.29, 1.82) is 0 Å². The summed E-state index contributed by atoms with van der Waals surface area (Å²) in [7, 11) is 0. The Labute approximate surface area is 364 Å². The van der Waals surface area contributed by atoms with Crippen LogP contribution in [0.25, 0.3) is 0 Å². The topological polar surface area (TPSA) is 128 Å². The molecule has 10 heteroatoms. The van der Waals surface area contributed by atoms with Crippen molar-refractivity contribution < 1.29 is 33.4 Å². The Bertz CT molecular complexity index is 1960. The fourth-order valence-electron chi connectivity index (χ4n) is 13.4. The number of benzene rings is 1. The van der Waals surface area contributed by atoms with Crippen molar-refractivity contribution in [3.8, 4) is 0 Å².